The fraction of sp³-hybridized carbons (Fsp3) is 0.400. The average Bonchev–Trinajstić information content (AvgIpc) is 3.01. The number of rotatable bonds is 7. The fourth-order valence-electron chi connectivity index (χ4n) is 1.96. The van der Waals surface area contributed by atoms with E-state index in [9.17, 15) is 4.79 Å². The van der Waals surface area contributed by atoms with Crippen molar-refractivity contribution in [3.8, 4) is 5.69 Å². The Labute approximate surface area is 119 Å². The number of carbonyl (C=O) groups excluding carboxylic acids is 1. The van der Waals surface area contributed by atoms with Crippen molar-refractivity contribution in [3.05, 3.63) is 42.5 Å². The summed E-state index contributed by atoms with van der Waals surface area (Å²) in [4.78, 5) is 15.8. The normalized spacial score (nSPS) is 10.4. The molecule has 0 saturated heterocycles. The maximum Gasteiger partial charge on any atom is 0.251 e. The van der Waals surface area contributed by atoms with Crippen LogP contribution in [0.5, 0.6) is 0 Å². The van der Waals surface area contributed by atoms with Gasteiger partial charge in [-0.05, 0) is 30.7 Å². The Morgan fingerprint density at radius 2 is 2.00 bits per heavy atom. The maximum atomic E-state index is 11.9. The van der Waals surface area contributed by atoms with E-state index in [1.165, 1.54) is 25.6 Å². The third-order valence-electron chi connectivity index (χ3n) is 3.13. The Hall–Kier alpha value is -2.17. The van der Waals surface area contributed by atoms with Crippen molar-refractivity contribution < 1.29 is 4.79 Å². The highest BCUT2D eigenvalue weighted by molar-refractivity contribution is 5.94. The smallest absolute Gasteiger partial charge is 0.251 e. The van der Waals surface area contributed by atoms with Crippen LogP contribution in [0.1, 0.15) is 43.0 Å². The molecule has 0 saturated carbocycles. The van der Waals surface area contributed by atoms with Gasteiger partial charge >= 0.3 is 0 Å². The van der Waals surface area contributed by atoms with Gasteiger partial charge in [0.15, 0.2) is 0 Å². The fourth-order valence-corrected chi connectivity index (χ4v) is 1.96. The van der Waals surface area contributed by atoms with Crippen LogP contribution in [0.3, 0.4) is 0 Å². The summed E-state index contributed by atoms with van der Waals surface area (Å²) in [5.41, 5.74) is 1.56. The molecule has 0 aliphatic rings. The zero-order valence-electron chi connectivity index (χ0n) is 11.7. The number of nitrogens with one attached hydrogen (secondary N) is 1. The van der Waals surface area contributed by atoms with E-state index in [0.29, 0.717) is 5.56 Å². The first-order chi connectivity index (χ1) is 9.81. The van der Waals surface area contributed by atoms with E-state index in [1.54, 1.807) is 23.1 Å². The van der Waals surface area contributed by atoms with Gasteiger partial charge in [0.1, 0.15) is 12.7 Å². The van der Waals surface area contributed by atoms with Crippen molar-refractivity contribution in [1.82, 2.24) is 20.1 Å². The SMILES string of the molecule is CCCCCCNC(=O)c1ccc(-n2cncn2)cc1. The molecule has 1 heterocycles. The van der Waals surface area contributed by atoms with Crippen molar-refractivity contribution in [1.29, 1.82) is 0 Å². The summed E-state index contributed by atoms with van der Waals surface area (Å²) in [5.74, 6) is -0.0216. The molecule has 5 heteroatoms. The van der Waals surface area contributed by atoms with Gasteiger partial charge < -0.3 is 5.32 Å². The minimum atomic E-state index is -0.0216. The van der Waals surface area contributed by atoms with Gasteiger partial charge in [0, 0.05) is 12.1 Å². The van der Waals surface area contributed by atoms with E-state index in [0.717, 1.165) is 18.7 Å². The molecule has 0 radical (unpaired) electrons. The van der Waals surface area contributed by atoms with E-state index in [1.807, 2.05) is 12.1 Å². The number of unbranched alkanes of at least 4 members (excludes halogenated alkanes) is 3. The van der Waals surface area contributed by atoms with Gasteiger partial charge in [0.2, 0.25) is 0 Å². The minimum absolute atomic E-state index is 0.0216. The summed E-state index contributed by atoms with van der Waals surface area (Å²) < 4.78 is 1.66. The molecule has 1 amide bonds. The molecule has 0 spiro atoms. The van der Waals surface area contributed by atoms with Crippen LogP contribution in [0.25, 0.3) is 5.69 Å². The lowest BCUT2D eigenvalue weighted by atomic mass is 10.2. The lowest BCUT2D eigenvalue weighted by Crippen LogP contribution is -2.24. The largest absolute Gasteiger partial charge is 0.352 e. The van der Waals surface area contributed by atoms with Crippen molar-refractivity contribution in [2.45, 2.75) is 32.6 Å². The molecule has 2 rings (SSSR count). The van der Waals surface area contributed by atoms with Crippen molar-refractivity contribution >= 4 is 5.91 Å². The van der Waals surface area contributed by atoms with Crippen LogP contribution in [-0.2, 0) is 0 Å². The zero-order chi connectivity index (χ0) is 14.2. The highest BCUT2D eigenvalue weighted by Crippen LogP contribution is 2.08. The van der Waals surface area contributed by atoms with Crippen molar-refractivity contribution in [2.24, 2.45) is 0 Å². The molecule has 5 nitrogen and oxygen atoms in total. The maximum absolute atomic E-state index is 11.9. The molecular weight excluding hydrogens is 252 g/mol. The molecule has 1 aromatic heterocycles. The van der Waals surface area contributed by atoms with Gasteiger partial charge in [-0.3, -0.25) is 4.79 Å². The molecule has 1 N–H and O–H groups in total. The van der Waals surface area contributed by atoms with Crippen LogP contribution in [-0.4, -0.2) is 27.2 Å². The number of nitrogens with zero attached hydrogens (tertiary/aromatic N) is 3. The van der Waals surface area contributed by atoms with Crippen LogP contribution >= 0.6 is 0 Å². The van der Waals surface area contributed by atoms with Crippen molar-refractivity contribution in [2.75, 3.05) is 6.54 Å². The first-order valence-corrected chi connectivity index (χ1v) is 7.04. The number of hydrogen-bond acceptors (Lipinski definition) is 3. The molecular formula is C15H20N4O. The quantitative estimate of drug-likeness (QED) is 0.788. The van der Waals surface area contributed by atoms with E-state index >= 15 is 0 Å². The molecule has 0 aliphatic heterocycles. The highest BCUT2D eigenvalue weighted by Gasteiger charge is 2.05. The lowest BCUT2D eigenvalue weighted by molar-refractivity contribution is 0.0953. The average molecular weight is 272 g/mol. The first kappa shape index (κ1) is 14.2. The zero-order valence-corrected chi connectivity index (χ0v) is 11.7. The molecule has 106 valence electrons. The van der Waals surface area contributed by atoms with Crippen LogP contribution in [0.4, 0.5) is 0 Å². The Bertz CT molecular complexity index is 519. The molecule has 0 fully saturated rings. The van der Waals surface area contributed by atoms with Gasteiger partial charge in [0.05, 0.1) is 5.69 Å². The van der Waals surface area contributed by atoms with E-state index in [-0.39, 0.29) is 5.91 Å². The number of carbonyl (C=O) groups is 1. The van der Waals surface area contributed by atoms with Crippen LogP contribution < -0.4 is 5.32 Å². The summed E-state index contributed by atoms with van der Waals surface area (Å²) >= 11 is 0. The second kappa shape index (κ2) is 7.43. The number of amides is 1. The van der Waals surface area contributed by atoms with Gasteiger partial charge in [-0.1, -0.05) is 26.2 Å². The minimum Gasteiger partial charge on any atom is -0.352 e. The van der Waals surface area contributed by atoms with E-state index in [2.05, 4.69) is 22.3 Å². The van der Waals surface area contributed by atoms with Gasteiger partial charge in [-0.2, -0.15) is 5.10 Å². The van der Waals surface area contributed by atoms with Crippen LogP contribution in [0.2, 0.25) is 0 Å². The van der Waals surface area contributed by atoms with E-state index in [4.69, 9.17) is 0 Å². The number of hydrogen-bond donors (Lipinski definition) is 1. The number of benzene rings is 1. The second-order valence-electron chi connectivity index (χ2n) is 4.70. The van der Waals surface area contributed by atoms with Gasteiger partial charge in [-0.25, -0.2) is 9.67 Å². The standard InChI is InChI=1S/C15H20N4O/c1-2-3-4-5-10-17-15(20)13-6-8-14(9-7-13)19-12-16-11-18-19/h6-9,11-12H,2-5,10H2,1H3,(H,17,20). The van der Waals surface area contributed by atoms with Gasteiger partial charge in [-0.15, -0.1) is 0 Å². The molecule has 1 aromatic carbocycles. The Morgan fingerprint density at radius 3 is 2.65 bits per heavy atom. The molecule has 20 heavy (non-hydrogen) atoms. The molecule has 0 unspecified atom stereocenters. The van der Waals surface area contributed by atoms with Crippen molar-refractivity contribution in [3.63, 3.8) is 0 Å². The molecule has 0 aliphatic carbocycles. The predicted molar refractivity (Wildman–Crippen MR) is 77.8 cm³/mol. The summed E-state index contributed by atoms with van der Waals surface area (Å²) in [6, 6.07) is 7.33. The summed E-state index contributed by atoms with van der Waals surface area (Å²) in [6.07, 6.45) is 7.75. The summed E-state index contributed by atoms with van der Waals surface area (Å²) in [6.45, 7) is 2.92. The molecule has 0 atom stereocenters. The molecule has 0 bridgehead atoms. The lowest BCUT2D eigenvalue weighted by Gasteiger charge is -2.06. The third-order valence-corrected chi connectivity index (χ3v) is 3.13. The monoisotopic (exact) mass is 272 g/mol. The Morgan fingerprint density at radius 1 is 1.20 bits per heavy atom. The topological polar surface area (TPSA) is 59.8 Å². The predicted octanol–water partition coefficient (Wildman–Crippen LogP) is 2.58. The number of aromatic nitrogens is 3. The third kappa shape index (κ3) is 3.91. The highest BCUT2D eigenvalue weighted by atomic mass is 16.1. The van der Waals surface area contributed by atoms with Crippen LogP contribution in [0.15, 0.2) is 36.9 Å². The first-order valence-electron chi connectivity index (χ1n) is 7.04. The summed E-state index contributed by atoms with van der Waals surface area (Å²) in [5, 5.41) is 6.98. The Balaban J connectivity index is 1.85. The second-order valence-corrected chi connectivity index (χ2v) is 4.70. The Kier molecular flexibility index (Phi) is 5.29. The summed E-state index contributed by atoms with van der Waals surface area (Å²) in [7, 11) is 0. The van der Waals surface area contributed by atoms with E-state index < -0.39 is 0 Å². The van der Waals surface area contributed by atoms with Gasteiger partial charge in [0.25, 0.3) is 5.91 Å². The molecule has 2 aromatic rings. The van der Waals surface area contributed by atoms with Crippen LogP contribution in [0, 0.1) is 0 Å².